The molecule has 0 radical (unpaired) electrons. The third-order valence-electron chi connectivity index (χ3n) is 5.78. The van der Waals surface area contributed by atoms with Gasteiger partial charge in [0.15, 0.2) is 11.5 Å². The van der Waals surface area contributed by atoms with E-state index in [9.17, 15) is 18.0 Å². The summed E-state index contributed by atoms with van der Waals surface area (Å²) in [5, 5.41) is 3.44. The Morgan fingerprint density at radius 3 is 2.24 bits per heavy atom. The Bertz CT molecular complexity index is 1230. The molecule has 2 aromatic carbocycles. The van der Waals surface area contributed by atoms with Gasteiger partial charge in [0.25, 0.3) is 0 Å². The van der Waals surface area contributed by atoms with E-state index in [0.717, 1.165) is 4.31 Å². The fourth-order valence-electron chi connectivity index (χ4n) is 3.75. The molecule has 12 heteroatoms. The zero-order chi connectivity index (χ0) is 27.3. The number of sulfonamides is 1. The molecule has 0 bridgehead atoms. The zero-order valence-electron chi connectivity index (χ0n) is 21.2. The highest BCUT2D eigenvalue weighted by Crippen LogP contribution is 2.35. The second-order valence-electron chi connectivity index (χ2n) is 8.80. The van der Waals surface area contributed by atoms with E-state index in [0.29, 0.717) is 40.3 Å². The molecule has 1 atom stereocenters. The number of rotatable bonds is 10. The van der Waals surface area contributed by atoms with Crippen LogP contribution in [0.4, 0.5) is 5.69 Å². The van der Waals surface area contributed by atoms with Crippen molar-refractivity contribution < 1.29 is 27.5 Å². The van der Waals surface area contributed by atoms with Crippen molar-refractivity contribution in [2.75, 3.05) is 29.8 Å². The van der Waals surface area contributed by atoms with E-state index in [1.54, 1.807) is 51.1 Å². The molecule has 0 saturated carbocycles. The lowest BCUT2D eigenvalue weighted by Gasteiger charge is -2.32. The quantitative estimate of drug-likeness (QED) is 0.464. The van der Waals surface area contributed by atoms with Gasteiger partial charge in [-0.15, -0.1) is 0 Å². The van der Waals surface area contributed by atoms with Crippen molar-refractivity contribution in [2.24, 2.45) is 0 Å². The molecule has 0 aliphatic carbocycles. The highest BCUT2D eigenvalue weighted by atomic mass is 35.5. The van der Waals surface area contributed by atoms with Gasteiger partial charge in [-0.2, -0.15) is 0 Å². The van der Waals surface area contributed by atoms with E-state index in [1.165, 1.54) is 17.9 Å². The van der Waals surface area contributed by atoms with Crippen molar-refractivity contribution in [2.45, 2.75) is 46.3 Å². The maximum atomic E-state index is 13.7. The molecule has 2 aromatic rings. The SMILES string of the molecule is CCS(=O)(=O)N(CC(=O)N(Cc1c(Cl)cccc1Cl)[C@@H](C)C(=O)NC(C)C)c1ccc2c(c1)OCCO2. The second-order valence-corrected chi connectivity index (χ2v) is 11.8. The van der Waals surface area contributed by atoms with Crippen LogP contribution in [0.3, 0.4) is 0 Å². The van der Waals surface area contributed by atoms with Crippen LogP contribution in [0.15, 0.2) is 36.4 Å². The number of ether oxygens (including phenoxy) is 2. The molecule has 202 valence electrons. The summed E-state index contributed by atoms with van der Waals surface area (Å²) in [5.41, 5.74) is 0.696. The van der Waals surface area contributed by atoms with Crippen LogP contribution in [-0.2, 0) is 26.2 Å². The standard InChI is InChI=1S/C25H31Cl2N3O6S/c1-5-37(33,34)30(18-9-10-22-23(13-18)36-12-11-35-22)15-24(31)29(17(4)25(32)28-16(2)3)14-19-20(26)7-6-8-21(19)27/h6-10,13,16-17H,5,11-12,14-15H2,1-4H3,(H,28,32)/t17-/m0/s1. The van der Waals surface area contributed by atoms with Gasteiger partial charge >= 0.3 is 0 Å². The number of hydrogen-bond acceptors (Lipinski definition) is 6. The number of fused-ring (bicyclic) bond motifs is 1. The number of hydrogen-bond donors (Lipinski definition) is 1. The molecule has 2 amide bonds. The van der Waals surface area contributed by atoms with Gasteiger partial charge in [0.1, 0.15) is 25.8 Å². The Morgan fingerprint density at radius 1 is 1.03 bits per heavy atom. The lowest BCUT2D eigenvalue weighted by atomic mass is 10.1. The fraction of sp³-hybridized carbons (Fsp3) is 0.440. The largest absolute Gasteiger partial charge is 0.486 e. The minimum Gasteiger partial charge on any atom is -0.486 e. The minimum absolute atomic E-state index is 0.0921. The number of amides is 2. The Balaban J connectivity index is 1.99. The molecule has 1 aliphatic heterocycles. The second kappa shape index (κ2) is 12.2. The molecule has 1 heterocycles. The fourth-order valence-corrected chi connectivity index (χ4v) is 5.32. The monoisotopic (exact) mass is 571 g/mol. The summed E-state index contributed by atoms with van der Waals surface area (Å²) in [6, 6.07) is 8.52. The van der Waals surface area contributed by atoms with Gasteiger partial charge in [0, 0.05) is 34.3 Å². The lowest BCUT2D eigenvalue weighted by Crippen LogP contribution is -2.52. The van der Waals surface area contributed by atoms with Gasteiger partial charge in [-0.1, -0.05) is 29.3 Å². The number of carbonyl (C=O) groups excluding carboxylic acids is 2. The highest BCUT2D eigenvalue weighted by molar-refractivity contribution is 7.92. The number of benzene rings is 2. The first kappa shape index (κ1) is 28.9. The predicted octanol–water partition coefficient (Wildman–Crippen LogP) is 3.86. The van der Waals surface area contributed by atoms with E-state index in [1.807, 2.05) is 0 Å². The Labute approximate surface area is 227 Å². The third-order valence-corrected chi connectivity index (χ3v) is 8.23. The Hall–Kier alpha value is -2.69. The molecule has 0 fully saturated rings. The van der Waals surface area contributed by atoms with Crippen molar-refractivity contribution >= 4 is 50.7 Å². The molecule has 1 N–H and O–H groups in total. The maximum absolute atomic E-state index is 13.7. The van der Waals surface area contributed by atoms with Crippen molar-refractivity contribution in [1.29, 1.82) is 0 Å². The number of nitrogens with zero attached hydrogens (tertiary/aromatic N) is 2. The van der Waals surface area contributed by atoms with Gasteiger partial charge < -0.3 is 19.7 Å². The van der Waals surface area contributed by atoms with E-state index in [4.69, 9.17) is 32.7 Å². The smallest absolute Gasteiger partial charge is 0.244 e. The summed E-state index contributed by atoms with van der Waals surface area (Å²) >= 11 is 12.7. The first-order chi connectivity index (χ1) is 17.4. The lowest BCUT2D eigenvalue weighted by molar-refractivity contribution is -0.139. The minimum atomic E-state index is -3.89. The summed E-state index contributed by atoms with van der Waals surface area (Å²) in [6.45, 7) is 6.75. The molecular formula is C25H31Cl2N3O6S. The molecule has 1 aliphatic rings. The molecular weight excluding hydrogens is 541 g/mol. The Kier molecular flexibility index (Phi) is 9.55. The van der Waals surface area contributed by atoms with Crippen LogP contribution in [0.25, 0.3) is 0 Å². The molecule has 0 unspecified atom stereocenters. The molecule has 0 aromatic heterocycles. The number of halogens is 2. The molecule has 0 saturated heterocycles. The van der Waals surface area contributed by atoms with Gasteiger partial charge in [0.2, 0.25) is 21.8 Å². The molecule has 3 rings (SSSR count). The van der Waals surface area contributed by atoms with Gasteiger partial charge in [-0.25, -0.2) is 8.42 Å². The first-order valence-corrected chi connectivity index (χ1v) is 14.2. The topological polar surface area (TPSA) is 105 Å². The summed E-state index contributed by atoms with van der Waals surface area (Å²) in [7, 11) is -3.89. The molecule has 0 spiro atoms. The van der Waals surface area contributed by atoms with Gasteiger partial charge in [0.05, 0.1) is 11.4 Å². The Morgan fingerprint density at radius 2 is 1.65 bits per heavy atom. The van der Waals surface area contributed by atoms with Crippen LogP contribution in [-0.4, -0.2) is 62.7 Å². The van der Waals surface area contributed by atoms with E-state index >= 15 is 0 Å². The maximum Gasteiger partial charge on any atom is 0.244 e. The summed E-state index contributed by atoms with van der Waals surface area (Å²) in [6.07, 6.45) is 0. The number of anilines is 1. The van der Waals surface area contributed by atoms with Gasteiger partial charge in [-0.3, -0.25) is 13.9 Å². The number of nitrogens with one attached hydrogen (secondary N) is 1. The van der Waals surface area contributed by atoms with E-state index in [-0.39, 0.29) is 24.0 Å². The van der Waals surface area contributed by atoms with Crippen LogP contribution in [0.5, 0.6) is 11.5 Å². The normalized spacial score (nSPS) is 13.7. The average Bonchev–Trinajstić information content (AvgIpc) is 2.85. The summed E-state index contributed by atoms with van der Waals surface area (Å²) in [5.74, 6) is -0.361. The van der Waals surface area contributed by atoms with E-state index < -0.39 is 34.4 Å². The van der Waals surface area contributed by atoms with Crippen molar-refractivity contribution in [3.05, 3.63) is 52.0 Å². The van der Waals surface area contributed by atoms with Crippen LogP contribution < -0.4 is 19.1 Å². The van der Waals surface area contributed by atoms with Crippen molar-refractivity contribution in [3.8, 4) is 11.5 Å². The highest BCUT2D eigenvalue weighted by Gasteiger charge is 2.32. The van der Waals surface area contributed by atoms with Crippen molar-refractivity contribution in [3.63, 3.8) is 0 Å². The van der Waals surface area contributed by atoms with Crippen LogP contribution in [0.2, 0.25) is 10.0 Å². The summed E-state index contributed by atoms with van der Waals surface area (Å²) in [4.78, 5) is 27.9. The van der Waals surface area contributed by atoms with Crippen LogP contribution in [0.1, 0.15) is 33.3 Å². The van der Waals surface area contributed by atoms with E-state index in [2.05, 4.69) is 5.32 Å². The predicted molar refractivity (Wildman–Crippen MR) is 144 cm³/mol. The molecule has 9 nitrogen and oxygen atoms in total. The van der Waals surface area contributed by atoms with Crippen LogP contribution >= 0.6 is 23.2 Å². The first-order valence-electron chi connectivity index (χ1n) is 11.9. The third kappa shape index (κ3) is 7.00. The van der Waals surface area contributed by atoms with Crippen molar-refractivity contribution in [1.82, 2.24) is 10.2 Å². The molecule has 37 heavy (non-hydrogen) atoms. The zero-order valence-corrected chi connectivity index (χ0v) is 23.5. The summed E-state index contributed by atoms with van der Waals surface area (Å²) < 4.78 is 38.4. The van der Waals surface area contributed by atoms with Crippen LogP contribution in [0, 0.1) is 0 Å². The average molecular weight is 573 g/mol. The van der Waals surface area contributed by atoms with Gasteiger partial charge in [-0.05, 0) is 52.0 Å². The number of carbonyl (C=O) groups is 2.